The van der Waals surface area contributed by atoms with Crippen molar-refractivity contribution >= 4 is 28.9 Å². The molecule has 0 atom stereocenters. The highest BCUT2D eigenvalue weighted by atomic mass is 35.5. The number of halogens is 3. The van der Waals surface area contributed by atoms with E-state index in [1.165, 1.54) is 0 Å². The molecule has 21 heavy (non-hydrogen) atoms. The number of nitrogen functional groups attached to an aromatic ring is 1. The van der Waals surface area contributed by atoms with Gasteiger partial charge in [0.05, 0.1) is 10.6 Å². The minimum absolute atomic E-state index is 0.374. The molecule has 3 N–H and O–H groups in total. The van der Waals surface area contributed by atoms with E-state index >= 15 is 0 Å². The van der Waals surface area contributed by atoms with Gasteiger partial charge in [-0.05, 0) is 36.2 Å². The lowest BCUT2D eigenvalue weighted by atomic mass is 10.1. The Morgan fingerprint density at radius 3 is 2.57 bits per heavy atom. The second-order valence-electron chi connectivity index (χ2n) is 4.47. The number of carbonyl (C=O) groups excluding carboxylic acids is 1. The first kappa shape index (κ1) is 15.3. The summed E-state index contributed by atoms with van der Waals surface area (Å²) < 4.78 is 27.0. The van der Waals surface area contributed by atoms with Gasteiger partial charge in [0.2, 0.25) is 0 Å². The minimum atomic E-state index is -0.892. The van der Waals surface area contributed by atoms with Gasteiger partial charge < -0.3 is 11.1 Å². The highest BCUT2D eigenvalue weighted by molar-refractivity contribution is 6.30. The number of carbonyl (C=O) groups is 1. The molecule has 0 aromatic heterocycles. The maximum Gasteiger partial charge on any atom is 0.258 e. The van der Waals surface area contributed by atoms with Crippen LogP contribution >= 0.6 is 11.6 Å². The van der Waals surface area contributed by atoms with Crippen molar-refractivity contribution in [3.63, 3.8) is 0 Å². The number of nitrogens with two attached hydrogens (primary N) is 1. The van der Waals surface area contributed by atoms with Gasteiger partial charge >= 0.3 is 0 Å². The molecule has 6 heteroatoms. The average molecular weight is 311 g/mol. The van der Waals surface area contributed by atoms with Crippen LogP contribution in [0.5, 0.6) is 0 Å². The van der Waals surface area contributed by atoms with E-state index in [2.05, 4.69) is 5.32 Å². The maximum absolute atomic E-state index is 13.6. The Kier molecular flexibility index (Phi) is 4.43. The number of aryl methyl sites for hydroxylation is 1. The molecule has 0 aliphatic carbocycles. The lowest BCUT2D eigenvalue weighted by Crippen LogP contribution is -2.14. The Bertz CT molecular complexity index is 704. The van der Waals surface area contributed by atoms with Gasteiger partial charge in [-0.2, -0.15) is 0 Å². The van der Waals surface area contributed by atoms with Crippen LogP contribution in [-0.4, -0.2) is 5.91 Å². The van der Waals surface area contributed by atoms with Crippen molar-refractivity contribution in [2.24, 2.45) is 0 Å². The molecule has 0 unspecified atom stereocenters. The number of anilines is 2. The van der Waals surface area contributed by atoms with E-state index in [0.717, 1.165) is 24.1 Å². The molecule has 0 aliphatic rings. The molecule has 2 aromatic carbocycles. The predicted octanol–water partition coefficient (Wildman–Crippen LogP) is 4.02. The van der Waals surface area contributed by atoms with Crippen molar-refractivity contribution in [1.82, 2.24) is 0 Å². The third kappa shape index (κ3) is 3.31. The van der Waals surface area contributed by atoms with Crippen molar-refractivity contribution < 1.29 is 13.6 Å². The number of amides is 1. The second kappa shape index (κ2) is 6.10. The fourth-order valence-corrected chi connectivity index (χ4v) is 2.04. The van der Waals surface area contributed by atoms with Crippen molar-refractivity contribution in [2.75, 3.05) is 11.1 Å². The molecule has 0 fully saturated rings. The van der Waals surface area contributed by atoms with E-state index < -0.39 is 23.1 Å². The monoisotopic (exact) mass is 310 g/mol. The van der Waals surface area contributed by atoms with Crippen LogP contribution in [0.25, 0.3) is 0 Å². The number of nitrogens with one attached hydrogen (secondary N) is 1. The van der Waals surface area contributed by atoms with Crippen LogP contribution in [0.4, 0.5) is 20.2 Å². The molecule has 0 aliphatic heterocycles. The average Bonchev–Trinajstić information content (AvgIpc) is 2.43. The highest BCUT2D eigenvalue weighted by Gasteiger charge is 2.16. The third-order valence-electron chi connectivity index (χ3n) is 3.04. The quantitative estimate of drug-likeness (QED) is 0.664. The summed E-state index contributed by atoms with van der Waals surface area (Å²) in [6.45, 7) is 1.95. The first-order chi connectivity index (χ1) is 9.92. The van der Waals surface area contributed by atoms with Gasteiger partial charge in [0.25, 0.3) is 5.91 Å². The predicted molar refractivity (Wildman–Crippen MR) is 79.6 cm³/mol. The normalized spacial score (nSPS) is 10.5. The number of rotatable bonds is 3. The molecule has 2 aromatic rings. The van der Waals surface area contributed by atoms with Crippen LogP contribution in [0, 0.1) is 11.6 Å². The molecule has 0 heterocycles. The van der Waals surface area contributed by atoms with Gasteiger partial charge in [-0.25, -0.2) is 8.78 Å². The zero-order chi connectivity index (χ0) is 15.6. The summed E-state index contributed by atoms with van der Waals surface area (Å²) in [7, 11) is 0. The van der Waals surface area contributed by atoms with E-state index in [1.54, 1.807) is 18.2 Å². The molecular formula is C15H13ClF2N2O. The SMILES string of the molecule is CCc1ccc(NC(=O)c2cc(F)c(Cl)cc2F)cc1N. The zero-order valence-electron chi connectivity index (χ0n) is 11.2. The molecule has 2 rings (SSSR count). The molecule has 0 radical (unpaired) electrons. The van der Waals surface area contributed by atoms with Gasteiger partial charge in [-0.15, -0.1) is 0 Å². The van der Waals surface area contributed by atoms with E-state index in [-0.39, 0.29) is 5.02 Å². The molecule has 0 bridgehead atoms. The lowest BCUT2D eigenvalue weighted by molar-refractivity contribution is 0.102. The largest absolute Gasteiger partial charge is 0.398 e. The summed E-state index contributed by atoms with van der Waals surface area (Å²) in [5.74, 6) is -2.52. The lowest BCUT2D eigenvalue weighted by Gasteiger charge is -2.09. The first-order valence-corrected chi connectivity index (χ1v) is 6.64. The molecular weight excluding hydrogens is 298 g/mol. The molecule has 0 saturated carbocycles. The summed E-state index contributed by atoms with van der Waals surface area (Å²) in [4.78, 5) is 12.0. The first-order valence-electron chi connectivity index (χ1n) is 6.26. The minimum Gasteiger partial charge on any atom is -0.398 e. The van der Waals surface area contributed by atoms with Crippen molar-refractivity contribution in [3.05, 3.63) is 58.1 Å². The Morgan fingerprint density at radius 1 is 1.24 bits per heavy atom. The van der Waals surface area contributed by atoms with Crippen LogP contribution in [0.2, 0.25) is 5.02 Å². The summed E-state index contributed by atoms with van der Waals surface area (Å²) >= 11 is 5.44. The number of hydrogen-bond acceptors (Lipinski definition) is 2. The molecule has 1 amide bonds. The summed E-state index contributed by atoms with van der Waals surface area (Å²) in [5, 5.41) is 2.09. The van der Waals surface area contributed by atoms with Crippen LogP contribution in [0.1, 0.15) is 22.8 Å². The fraction of sp³-hybridized carbons (Fsp3) is 0.133. The van der Waals surface area contributed by atoms with Crippen LogP contribution in [0.3, 0.4) is 0 Å². The topological polar surface area (TPSA) is 55.1 Å². The van der Waals surface area contributed by atoms with E-state index in [9.17, 15) is 13.6 Å². The Hall–Kier alpha value is -2.14. The molecule has 0 spiro atoms. The van der Waals surface area contributed by atoms with Crippen molar-refractivity contribution in [3.8, 4) is 0 Å². The van der Waals surface area contributed by atoms with Gasteiger partial charge in [-0.1, -0.05) is 24.6 Å². The van der Waals surface area contributed by atoms with Gasteiger partial charge in [-0.3, -0.25) is 4.79 Å². The zero-order valence-corrected chi connectivity index (χ0v) is 12.0. The van der Waals surface area contributed by atoms with Crippen LogP contribution in [0.15, 0.2) is 30.3 Å². The molecule has 110 valence electrons. The van der Waals surface area contributed by atoms with Crippen molar-refractivity contribution in [1.29, 1.82) is 0 Å². The van der Waals surface area contributed by atoms with Crippen molar-refractivity contribution in [2.45, 2.75) is 13.3 Å². The summed E-state index contributed by atoms with van der Waals surface area (Å²) in [6.07, 6.45) is 0.761. The molecule has 3 nitrogen and oxygen atoms in total. The van der Waals surface area contributed by atoms with Crippen LogP contribution in [-0.2, 0) is 6.42 Å². The van der Waals surface area contributed by atoms with Crippen LogP contribution < -0.4 is 11.1 Å². The smallest absolute Gasteiger partial charge is 0.258 e. The Balaban J connectivity index is 2.26. The second-order valence-corrected chi connectivity index (χ2v) is 4.87. The van der Waals surface area contributed by atoms with Gasteiger partial charge in [0.1, 0.15) is 11.6 Å². The van der Waals surface area contributed by atoms with E-state index in [0.29, 0.717) is 11.4 Å². The maximum atomic E-state index is 13.6. The highest BCUT2D eigenvalue weighted by Crippen LogP contribution is 2.22. The standard InChI is InChI=1S/C15H13ClF2N2O/c1-2-8-3-4-9(5-14(8)19)20-15(21)10-6-13(18)11(16)7-12(10)17/h3-7H,2,19H2,1H3,(H,20,21). The summed E-state index contributed by atoms with van der Waals surface area (Å²) in [6, 6.07) is 6.51. The summed E-state index contributed by atoms with van der Waals surface area (Å²) in [5.41, 5.74) is 7.27. The third-order valence-corrected chi connectivity index (χ3v) is 3.33. The number of hydrogen-bond donors (Lipinski definition) is 2. The Morgan fingerprint density at radius 2 is 1.95 bits per heavy atom. The Labute approximate surface area is 125 Å². The number of benzene rings is 2. The van der Waals surface area contributed by atoms with E-state index in [4.69, 9.17) is 17.3 Å². The van der Waals surface area contributed by atoms with E-state index in [1.807, 2.05) is 6.92 Å². The van der Waals surface area contributed by atoms with Gasteiger partial charge in [0.15, 0.2) is 0 Å². The van der Waals surface area contributed by atoms with Gasteiger partial charge in [0, 0.05) is 11.4 Å². The molecule has 0 saturated heterocycles. The fourth-order valence-electron chi connectivity index (χ4n) is 1.89.